The van der Waals surface area contributed by atoms with Gasteiger partial charge in [-0.1, -0.05) is 30.3 Å². The van der Waals surface area contributed by atoms with Crippen LogP contribution < -0.4 is 9.96 Å². The van der Waals surface area contributed by atoms with Crippen LogP contribution in [0.3, 0.4) is 0 Å². The summed E-state index contributed by atoms with van der Waals surface area (Å²) in [5, 5.41) is 13.6. The fraction of sp³-hybridized carbons (Fsp3) is 0.125. The molecule has 4 nitrogen and oxygen atoms in total. The first-order valence-electron chi connectivity index (χ1n) is 7.06. The normalized spacial score (nSPS) is 10.7. The fourth-order valence-electron chi connectivity index (χ4n) is 2.35. The van der Waals surface area contributed by atoms with Crippen molar-refractivity contribution in [1.82, 2.24) is 4.98 Å². The first-order valence-corrected chi connectivity index (χ1v) is 7.85. The second-order valence-corrected chi connectivity index (χ2v) is 5.89. The summed E-state index contributed by atoms with van der Waals surface area (Å²) in [4.78, 5) is 3.20. The zero-order chi connectivity index (χ0) is 15.5. The Balaban J connectivity index is 1.94. The molecule has 3 aromatic rings. The first kappa shape index (κ1) is 15.0. The van der Waals surface area contributed by atoms with Gasteiger partial charge in [-0.2, -0.15) is 0 Å². The molecule has 0 fully saturated rings. The molecule has 112 valence electrons. The van der Waals surface area contributed by atoms with E-state index in [2.05, 4.69) is 26.1 Å². The van der Waals surface area contributed by atoms with Gasteiger partial charge in [0.05, 0.1) is 5.52 Å². The van der Waals surface area contributed by atoms with Crippen LogP contribution in [0.25, 0.3) is 10.9 Å². The Morgan fingerprint density at radius 2 is 2.05 bits per heavy atom. The van der Waals surface area contributed by atoms with E-state index in [0.717, 1.165) is 32.4 Å². The minimum atomic E-state index is -0.644. The first-order chi connectivity index (χ1) is 10.6. The quantitative estimate of drug-likeness (QED) is 0.603. The average Bonchev–Trinajstić information content (AvgIpc) is 2.99. The molecule has 0 saturated carbocycles. The van der Waals surface area contributed by atoms with Crippen LogP contribution in [-0.2, 0) is 6.61 Å². The highest BCUT2D eigenvalue weighted by molar-refractivity contribution is 9.10. The molecule has 0 atom stereocenters. The van der Waals surface area contributed by atoms with E-state index in [-0.39, 0.29) is 0 Å². The van der Waals surface area contributed by atoms with E-state index in [0.29, 0.717) is 6.61 Å². The third-order valence-electron chi connectivity index (χ3n) is 3.34. The van der Waals surface area contributed by atoms with Gasteiger partial charge in [-0.05, 0) is 34.4 Å². The second kappa shape index (κ2) is 6.46. The lowest BCUT2D eigenvalue weighted by atomic mass is 9.88. The van der Waals surface area contributed by atoms with Crippen molar-refractivity contribution in [2.24, 2.45) is 0 Å². The predicted octanol–water partition coefficient (Wildman–Crippen LogP) is 4.03. The summed E-state index contributed by atoms with van der Waals surface area (Å²) in [7, 11) is -0.644. The molecule has 1 heterocycles. The number of anilines is 1. The summed E-state index contributed by atoms with van der Waals surface area (Å²) >= 11 is 3.57. The van der Waals surface area contributed by atoms with Gasteiger partial charge in [0.25, 0.3) is 0 Å². The molecule has 0 aliphatic rings. The number of rotatable bonds is 5. The van der Waals surface area contributed by atoms with Crippen LogP contribution in [0, 0.1) is 0 Å². The van der Waals surface area contributed by atoms with Crippen LogP contribution in [0.1, 0.15) is 5.56 Å². The monoisotopic (exact) mass is 358 g/mol. The Morgan fingerprint density at radius 1 is 1.27 bits per heavy atom. The summed E-state index contributed by atoms with van der Waals surface area (Å²) in [5.41, 5.74) is 2.83. The Hall–Kier alpha value is -1.92. The van der Waals surface area contributed by atoms with Crippen LogP contribution >= 0.6 is 15.9 Å². The maximum Gasteiger partial charge on any atom is 0.406 e. The Bertz CT molecular complexity index is 774. The summed E-state index contributed by atoms with van der Waals surface area (Å²) in [6, 6.07) is 13.9. The lowest BCUT2D eigenvalue weighted by molar-refractivity contribution is 0.309. The van der Waals surface area contributed by atoms with Crippen LogP contribution in [0.2, 0.25) is 6.82 Å². The van der Waals surface area contributed by atoms with Crippen molar-refractivity contribution >= 4 is 39.6 Å². The number of aromatic nitrogens is 1. The van der Waals surface area contributed by atoms with E-state index in [1.807, 2.05) is 48.7 Å². The number of aromatic amines is 1. The molecular weight excluding hydrogens is 343 g/mol. The largest absolute Gasteiger partial charge is 0.487 e. The van der Waals surface area contributed by atoms with Crippen LogP contribution in [0.4, 0.5) is 5.69 Å². The SMILES string of the molecule is CB(O)Nc1cc(OCc2ccccc2)c2[nH]ccc2c1Br. The smallest absolute Gasteiger partial charge is 0.406 e. The highest BCUT2D eigenvalue weighted by Gasteiger charge is 2.14. The molecule has 0 unspecified atom stereocenters. The molecule has 0 radical (unpaired) electrons. The van der Waals surface area contributed by atoms with Crippen LogP contribution in [0.5, 0.6) is 5.75 Å². The summed E-state index contributed by atoms with van der Waals surface area (Å²) in [5.74, 6) is 0.746. The van der Waals surface area contributed by atoms with Crippen molar-refractivity contribution in [2.75, 3.05) is 5.23 Å². The molecule has 0 aliphatic carbocycles. The third kappa shape index (κ3) is 3.13. The predicted molar refractivity (Wildman–Crippen MR) is 94.2 cm³/mol. The van der Waals surface area contributed by atoms with Gasteiger partial charge in [0.1, 0.15) is 12.4 Å². The van der Waals surface area contributed by atoms with Gasteiger partial charge in [0, 0.05) is 27.8 Å². The van der Waals surface area contributed by atoms with Crippen molar-refractivity contribution in [2.45, 2.75) is 13.4 Å². The van der Waals surface area contributed by atoms with Crippen molar-refractivity contribution in [3.63, 3.8) is 0 Å². The van der Waals surface area contributed by atoms with Crippen molar-refractivity contribution in [3.8, 4) is 5.75 Å². The Morgan fingerprint density at radius 3 is 2.77 bits per heavy atom. The van der Waals surface area contributed by atoms with Crippen molar-refractivity contribution in [1.29, 1.82) is 0 Å². The molecule has 0 bridgehead atoms. The Kier molecular flexibility index (Phi) is 4.40. The summed E-state index contributed by atoms with van der Waals surface area (Å²) in [6.45, 7) is 2.17. The summed E-state index contributed by atoms with van der Waals surface area (Å²) < 4.78 is 6.87. The topological polar surface area (TPSA) is 57.3 Å². The van der Waals surface area contributed by atoms with Gasteiger partial charge >= 0.3 is 7.05 Å². The molecule has 6 heteroatoms. The summed E-state index contributed by atoms with van der Waals surface area (Å²) in [6.07, 6.45) is 1.87. The fourth-order valence-corrected chi connectivity index (χ4v) is 2.91. The average molecular weight is 359 g/mol. The molecule has 1 aromatic heterocycles. The molecule has 22 heavy (non-hydrogen) atoms. The number of nitrogens with one attached hydrogen (secondary N) is 2. The van der Waals surface area contributed by atoms with Gasteiger partial charge in [-0.3, -0.25) is 0 Å². The zero-order valence-electron chi connectivity index (χ0n) is 12.1. The van der Waals surface area contributed by atoms with E-state index >= 15 is 0 Å². The highest BCUT2D eigenvalue weighted by Crippen LogP contribution is 2.37. The highest BCUT2D eigenvalue weighted by atomic mass is 79.9. The number of benzene rings is 2. The lowest BCUT2D eigenvalue weighted by Crippen LogP contribution is -2.19. The number of ether oxygens (including phenoxy) is 1. The minimum absolute atomic E-state index is 0.491. The standard InChI is InChI=1S/C16H16BBrN2O2/c1-17(21)20-13-9-14(16-12(15(13)18)7-8-19-16)22-10-11-5-3-2-4-6-11/h2-9,19-21H,10H2,1H3. The lowest BCUT2D eigenvalue weighted by Gasteiger charge is -2.14. The Labute approximate surface area is 137 Å². The molecular formula is C16H16BBrN2O2. The van der Waals surface area contributed by atoms with Gasteiger partial charge in [-0.25, -0.2) is 0 Å². The molecule has 0 aliphatic heterocycles. The maximum absolute atomic E-state index is 9.57. The van der Waals surface area contributed by atoms with E-state index in [1.54, 1.807) is 6.82 Å². The van der Waals surface area contributed by atoms with Crippen LogP contribution in [-0.4, -0.2) is 17.1 Å². The van der Waals surface area contributed by atoms with E-state index in [1.165, 1.54) is 0 Å². The molecule has 0 saturated heterocycles. The number of hydrogen-bond donors (Lipinski definition) is 3. The molecule has 2 aromatic carbocycles. The van der Waals surface area contributed by atoms with E-state index < -0.39 is 7.05 Å². The third-order valence-corrected chi connectivity index (χ3v) is 4.20. The molecule has 3 N–H and O–H groups in total. The number of hydrogen-bond acceptors (Lipinski definition) is 3. The zero-order valence-corrected chi connectivity index (χ0v) is 13.7. The van der Waals surface area contributed by atoms with Gasteiger partial charge in [0.15, 0.2) is 0 Å². The van der Waals surface area contributed by atoms with E-state index in [4.69, 9.17) is 4.74 Å². The molecule has 3 rings (SSSR count). The molecule has 0 amide bonds. The van der Waals surface area contributed by atoms with E-state index in [9.17, 15) is 5.02 Å². The van der Waals surface area contributed by atoms with Gasteiger partial charge in [0.2, 0.25) is 0 Å². The van der Waals surface area contributed by atoms with Gasteiger partial charge < -0.3 is 20.0 Å². The second-order valence-electron chi connectivity index (χ2n) is 5.10. The van der Waals surface area contributed by atoms with Crippen LogP contribution in [0.15, 0.2) is 53.1 Å². The number of H-pyrrole nitrogens is 1. The number of halogens is 1. The molecule has 0 spiro atoms. The van der Waals surface area contributed by atoms with Gasteiger partial charge in [-0.15, -0.1) is 0 Å². The van der Waals surface area contributed by atoms with Crippen molar-refractivity contribution in [3.05, 3.63) is 58.7 Å². The maximum atomic E-state index is 9.57. The number of fused-ring (bicyclic) bond motifs is 1. The minimum Gasteiger partial charge on any atom is -0.487 e. The van der Waals surface area contributed by atoms with Crippen molar-refractivity contribution < 1.29 is 9.76 Å².